The van der Waals surface area contributed by atoms with Crippen LogP contribution in [-0.2, 0) is 19.1 Å². The lowest BCUT2D eigenvalue weighted by Crippen LogP contribution is -2.38. The third kappa shape index (κ3) is 5.61. The lowest BCUT2D eigenvalue weighted by atomic mass is 9.97. The Bertz CT molecular complexity index is 777. The molecule has 1 heterocycles. The molecule has 28 heavy (non-hydrogen) atoms. The number of carbonyl (C=O) groups excluding carboxylic acids is 3. The number of hydrogen-bond acceptors (Lipinski definition) is 5. The van der Waals surface area contributed by atoms with Crippen molar-refractivity contribution >= 4 is 35.2 Å². The highest BCUT2D eigenvalue weighted by Crippen LogP contribution is 2.36. The number of allylic oxidation sites excluding steroid dienone is 1. The summed E-state index contributed by atoms with van der Waals surface area (Å²) in [5, 5.41) is 5.06. The van der Waals surface area contributed by atoms with Crippen molar-refractivity contribution in [3.05, 3.63) is 35.9 Å². The predicted octanol–water partition coefficient (Wildman–Crippen LogP) is 3.43. The molecule has 2 aliphatic rings. The monoisotopic (exact) mass is 402 g/mol. The van der Waals surface area contributed by atoms with Crippen LogP contribution in [0.2, 0.25) is 0 Å². The molecule has 3 rings (SSSR count). The van der Waals surface area contributed by atoms with Crippen molar-refractivity contribution in [3.63, 3.8) is 0 Å². The molecule has 0 bridgehead atoms. The number of fused-ring (bicyclic) bond motifs is 1. The average molecular weight is 403 g/mol. The third-order valence-corrected chi connectivity index (χ3v) is 6.14. The number of esters is 1. The van der Waals surface area contributed by atoms with Crippen LogP contribution < -0.4 is 10.6 Å². The van der Waals surface area contributed by atoms with Crippen molar-refractivity contribution in [1.29, 1.82) is 0 Å². The molecule has 0 spiro atoms. The topological polar surface area (TPSA) is 84.5 Å². The van der Waals surface area contributed by atoms with Gasteiger partial charge in [0.15, 0.2) is 6.10 Å². The Morgan fingerprint density at radius 3 is 2.93 bits per heavy atom. The first kappa shape index (κ1) is 20.5. The number of para-hydroxylation sites is 1. The molecule has 6 nitrogen and oxygen atoms in total. The van der Waals surface area contributed by atoms with E-state index < -0.39 is 17.3 Å². The minimum Gasteiger partial charge on any atom is -0.453 e. The van der Waals surface area contributed by atoms with Crippen molar-refractivity contribution in [1.82, 2.24) is 5.32 Å². The molecule has 0 unspecified atom stereocenters. The van der Waals surface area contributed by atoms with Crippen LogP contribution in [0.1, 0.15) is 45.4 Å². The normalized spacial score (nSPS) is 19.7. The number of nitrogens with one attached hydrogen (secondary N) is 2. The minimum absolute atomic E-state index is 0.0741. The third-order valence-electron chi connectivity index (χ3n) is 4.87. The molecule has 150 valence electrons. The zero-order chi connectivity index (χ0) is 19.9. The molecule has 7 heteroatoms. The number of rotatable bonds is 7. The van der Waals surface area contributed by atoms with E-state index in [0.717, 1.165) is 29.8 Å². The van der Waals surface area contributed by atoms with E-state index >= 15 is 0 Å². The summed E-state index contributed by atoms with van der Waals surface area (Å²) in [7, 11) is 0. The summed E-state index contributed by atoms with van der Waals surface area (Å²) in [6.07, 6.45) is 6.82. The fourth-order valence-electron chi connectivity index (χ4n) is 3.30. The molecule has 0 radical (unpaired) electrons. The van der Waals surface area contributed by atoms with Gasteiger partial charge in [-0.1, -0.05) is 23.8 Å². The molecule has 0 fully saturated rings. The van der Waals surface area contributed by atoms with Gasteiger partial charge in [0, 0.05) is 11.4 Å². The molecule has 2 amide bonds. The summed E-state index contributed by atoms with van der Waals surface area (Å²) >= 11 is 1.34. The highest BCUT2D eigenvalue weighted by atomic mass is 32.2. The molecule has 0 saturated heterocycles. The Kier molecular flexibility index (Phi) is 7.14. The Balaban J connectivity index is 1.42. The second-order valence-electron chi connectivity index (χ2n) is 7.08. The molecular weight excluding hydrogens is 376 g/mol. The standard InChI is InChI=1S/C21H26N2O4S/c1-14(20(25)22-12-11-15-7-3-2-4-8-15)27-19(24)13-18-21(26)23-16-9-5-6-10-17(16)28-18/h5-7,9-10,14,18H,2-4,8,11-13H2,1H3,(H,22,25)(H,23,26)/t14-,18-/m1/s1. The molecule has 2 N–H and O–H groups in total. The largest absolute Gasteiger partial charge is 0.453 e. The second kappa shape index (κ2) is 9.78. The number of carbonyl (C=O) groups is 3. The summed E-state index contributed by atoms with van der Waals surface area (Å²) < 4.78 is 5.23. The smallest absolute Gasteiger partial charge is 0.308 e. The fraction of sp³-hybridized carbons (Fsp3) is 0.476. The fourth-order valence-corrected chi connectivity index (χ4v) is 4.39. The van der Waals surface area contributed by atoms with E-state index in [9.17, 15) is 14.4 Å². The van der Waals surface area contributed by atoms with Crippen molar-refractivity contribution in [2.45, 2.75) is 61.7 Å². The molecule has 0 aromatic heterocycles. The molecular formula is C21H26N2O4S. The van der Waals surface area contributed by atoms with Gasteiger partial charge in [0.1, 0.15) is 0 Å². The predicted molar refractivity (Wildman–Crippen MR) is 109 cm³/mol. The van der Waals surface area contributed by atoms with Crippen LogP contribution in [0.5, 0.6) is 0 Å². The van der Waals surface area contributed by atoms with Crippen molar-refractivity contribution in [2.75, 3.05) is 11.9 Å². The number of benzene rings is 1. The number of anilines is 1. The van der Waals surface area contributed by atoms with Crippen LogP contribution in [-0.4, -0.2) is 35.7 Å². The van der Waals surface area contributed by atoms with Gasteiger partial charge in [-0.05, 0) is 51.2 Å². The second-order valence-corrected chi connectivity index (χ2v) is 8.32. The molecule has 1 aliphatic heterocycles. The first-order valence-corrected chi connectivity index (χ1v) is 10.6. The van der Waals surface area contributed by atoms with Crippen LogP contribution in [0, 0.1) is 0 Å². The zero-order valence-electron chi connectivity index (χ0n) is 16.0. The van der Waals surface area contributed by atoms with E-state index in [0.29, 0.717) is 6.54 Å². The Labute approximate surface area is 169 Å². The van der Waals surface area contributed by atoms with Gasteiger partial charge >= 0.3 is 5.97 Å². The SMILES string of the molecule is C[C@@H](OC(=O)C[C@H]1Sc2ccccc2NC1=O)C(=O)NCCC1=CCCCC1. The Hall–Kier alpha value is -2.28. The van der Waals surface area contributed by atoms with Crippen LogP contribution >= 0.6 is 11.8 Å². The van der Waals surface area contributed by atoms with Gasteiger partial charge in [-0.25, -0.2) is 0 Å². The molecule has 1 aliphatic carbocycles. The maximum Gasteiger partial charge on any atom is 0.308 e. The van der Waals surface area contributed by atoms with Gasteiger partial charge in [0.05, 0.1) is 17.4 Å². The van der Waals surface area contributed by atoms with Gasteiger partial charge < -0.3 is 15.4 Å². The minimum atomic E-state index is -0.878. The maximum atomic E-state index is 12.2. The average Bonchev–Trinajstić information content (AvgIpc) is 2.69. The van der Waals surface area contributed by atoms with E-state index in [2.05, 4.69) is 16.7 Å². The Morgan fingerprint density at radius 2 is 2.14 bits per heavy atom. The van der Waals surface area contributed by atoms with Crippen LogP contribution in [0.15, 0.2) is 40.8 Å². The first-order chi connectivity index (χ1) is 13.5. The summed E-state index contributed by atoms with van der Waals surface area (Å²) in [5.41, 5.74) is 2.14. The molecule has 1 aromatic rings. The summed E-state index contributed by atoms with van der Waals surface area (Å²) in [4.78, 5) is 37.4. The van der Waals surface area contributed by atoms with Crippen LogP contribution in [0.25, 0.3) is 0 Å². The van der Waals surface area contributed by atoms with Gasteiger partial charge in [0.2, 0.25) is 5.91 Å². The van der Waals surface area contributed by atoms with E-state index in [4.69, 9.17) is 4.74 Å². The van der Waals surface area contributed by atoms with Gasteiger partial charge in [0.25, 0.3) is 5.91 Å². The Morgan fingerprint density at radius 1 is 1.32 bits per heavy atom. The first-order valence-electron chi connectivity index (χ1n) is 9.74. The molecule has 1 aromatic carbocycles. The number of amides is 2. The van der Waals surface area contributed by atoms with E-state index in [-0.39, 0.29) is 18.2 Å². The number of ether oxygens (including phenoxy) is 1. The van der Waals surface area contributed by atoms with Crippen molar-refractivity contribution in [3.8, 4) is 0 Å². The summed E-state index contributed by atoms with van der Waals surface area (Å²) in [6.45, 7) is 2.10. The van der Waals surface area contributed by atoms with E-state index in [1.807, 2.05) is 24.3 Å². The highest BCUT2D eigenvalue weighted by molar-refractivity contribution is 8.01. The maximum absolute atomic E-state index is 12.2. The lowest BCUT2D eigenvalue weighted by molar-refractivity contribution is -0.155. The van der Waals surface area contributed by atoms with Gasteiger partial charge in [-0.2, -0.15) is 0 Å². The summed E-state index contributed by atoms with van der Waals surface area (Å²) in [6, 6.07) is 7.45. The quantitative estimate of drug-likeness (QED) is 0.539. The zero-order valence-corrected chi connectivity index (χ0v) is 16.8. The molecule has 0 saturated carbocycles. The van der Waals surface area contributed by atoms with Gasteiger partial charge in [-0.15, -0.1) is 11.8 Å². The highest BCUT2D eigenvalue weighted by Gasteiger charge is 2.30. The van der Waals surface area contributed by atoms with E-state index in [1.54, 1.807) is 6.92 Å². The lowest BCUT2D eigenvalue weighted by Gasteiger charge is -2.23. The number of thioether (sulfide) groups is 1. The molecule has 2 atom stereocenters. The van der Waals surface area contributed by atoms with Crippen LogP contribution in [0.3, 0.4) is 0 Å². The van der Waals surface area contributed by atoms with Crippen molar-refractivity contribution < 1.29 is 19.1 Å². The van der Waals surface area contributed by atoms with Crippen LogP contribution in [0.4, 0.5) is 5.69 Å². The van der Waals surface area contributed by atoms with E-state index in [1.165, 1.54) is 30.2 Å². The summed E-state index contributed by atoms with van der Waals surface area (Å²) in [5.74, 6) is -1.08. The number of hydrogen-bond donors (Lipinski definition) is 2. The van der Waals surface area contributed by atoms with Crippen molar-refractivity contribution in [2.24, 2.45) is 0 Å². The van der Waals surface area contributed by atoms with Gasteiger partial charge in [-0.3, -0.25) is 14.4 Å².